The van der Waals surface area contributed by atoms with E-state index in [0.29, 0.717) is 42.6 Å². The lowest BCUT2D eigenvalue weighted by Crippen LogP contribution is -2.49. The Labute approximate surface area is 307 Å². The molecule has 1 fully saturated rings. The molecule has 0 aromatic heterocycles. The van der Waals surface area contributed by atoms with Crippen LogP contribution < -0.4 is 14.4 Å². The van der Waals surface area contributed by atoms with Crippen LogP contribution in [-0.2, 0) is 37.7 Å². The molecule has 8 nitrogen and oxygen atoms in total. The number of allylic oxidation sites excluding steroid dienone is 1. The first-order valence-electron chi connectivity index (χ1n) is 18.3. The molecule has 2 aliphatic heterocycles. The average molecular weight is 730 g/mol. The number of aryl methyl sites for hydroxylation is 2. The van der Waals surface area contributed by atoms with E-state index in [1.54, 1.807) is 13.2 Å². The number of hydrogen-bond acceptors (Lipinski definition) is 6. The van der Waals surface area contributed by atoms with Crippen LogP contribution in [0.2, 0.25) is 5.02 Å². The minimum absolute atomic E-state index is 0.0438. The summed E-state index contributed by atoms with van der Waals surface area (Å²) in [4.78, 5) is 29.6. The van der Waals surface area contributed by atoms with Gasteiger partial charge in [0.2, 0.25) is 5.91 Å². The highest BCUT2D eigenvalue weighted by Crippen LogP contribution is 2.47. The Morgan fingerprint density at radius 2 is 1.98 bits per heavy atom. The molecule has 0 saturated heterocycles. The molecule has 1 N–H and O–H groups in total. The number of nitrogens with zero attached hydrogens (tertiary/aromatic N) is 2. The molecular weight excluding hydrogens is 682 g/mol. The minimum atomic E-state index is -3.44. The highest BCUT2D eigenvalue weighted by molar-refractivity contribution is 7.92. The van der Waals surface area contributed by atoms with Crippen molar-refractivity contribution >= 4 is 39.0 Å². The lowest BCUT2D eigenvalue weighted by Gasteiger charge is -2.46. The number of rotatable bonds is 5. The molecule has 270 valence electrons. The fourth-order valence-electron chi connectivity index (χ4n) is 8.50. The quantitative estimate of drug-likeness (QED) is 0.270. The van der Waals surface area contributed by atoms with Crippen LogP contribution in [0.5, 0.6) is 5.75 Å². The molecule has 10 heteroatoms. The van der Waals surface area contributed by atoms with Crippen LogP contribution in [0.15, 0.2) is 83.2 Å². The van der Waals surface area contributed by atoms with Crippen LogP contribution in [0.25, 0.3) is 0 Å². The van der Waals surface area contributed by atoms with Crippen LogP contribution in [0, 0.1) is 17.8 Å². The number of amides is 2. The van der Waals surface area contributed by atoms with E-state index in [-0.39, 0.29) is 29.6 Å². The number of nitrogens with one attached hydrogen (secondary N) is 1. The number of ether oxygens (including phenoxy) is 2. The third kappa shape index (κ3) is 7.91. The highest BCUT2D eigenvalue weighted by Gasteiger charge is 2.44. The van der Waals surface area contributed by atoms with Crippen molar-refractivity contribution in [1.29, 1.82) is 0 Å². The predicted octanol–water partition coefficient (Wildman–Crippen LogP) is 7.72. The normalized spacial score (nSPS) is 29.7. The standard InChI is InChI=1S/C41H48ClN3O5S/c1-28-8-6-12-37(49-2)34-17-14-32(34)24-45-26-41(21-7-11-30-22-33(42)16-18-35(30)41)27-50-38-19-15-31(23-36(38)45)40(47)44-51(48,25-28)43-39(46)20-13-29-9-4-3-5-10-29/h3-6,9-10,12,15-16,18-19,22-23,28,32,34,37H,7-8,11,13-14,17,20-21,24-27H2,1-2H3,(H,43,44,46,47,48)/b12-6+/t28-,32-,34+,37-,41-,51?/m0/s1. The Morgan fingerprint density at radius 1 is 1.14 bits per heavy atom. The van der Waals surface area contributed by atoms with Crippen LogP contribution in [-0.4, -0.2) is 54.7 Å². The van der Waals surface area contributed by atoms with Crippen molar-refractivity contribution in [2.45, 2.75) is 69.8 Å². The van der Waals surface area contributed by atoms with Gasteiger partial charge in [-0.3, -0.25) is 14.3 Å². The van der Waals surface area contributed by atoms with E-state index >= 15 is 0 Å². The van der Waals surface area contributed by atoms with Gasteiger partial charge in [0, 0.05) is 42.6 Å². The number of halogens is 1. The number of fused-ring (bicyclic) bond motifs is 4. The van der Waals surface area contributed by atoms with Gasteiger partial charge in [0.1, 0.15) is 15.7 Å². The Balaban J connectivity index is 1.26. The van der Waals surface area contributed by atoms with Crippen molar-refractivity contribution in [3.8, 4) is 5.75 Å². The summed E-state index contributed by atoms with van der Waals surface area (Å²) in [6.07, 6.45) is 10.6. The summed E-state index contributed by atoms with van der Waals surface area (Å²) < 4.78 is 34.2. The summed E-state index contributed by atoms with van der Waals surface area (Å²) in [5, 5.41) is 0.745. The van der Waals surface area contributed by atoms with Crippen LogP contribution in [0.1, 0.15) is 72.5 Å². The Morgan fingerprint density at radius 3 is 2.76 bits per heavy atom. The monoisotopic (exact) mass is 729 g/mol. The molecule has 1 saturated carbocycles. The Hall–Kier alpha value is -3.66. The third-order valence-corrected chi connectivity index (χ3v) is 13.5. The molecular formula is C41H48ClN3O5S. The molecule has 0 radical (unpaired) electrons. The van der Waals surface area contributed by atoms with Crippen molar-refractivity contribution in [2.24, 2.45) is 22.1 Å². The lowest BCUT2D eigenvalue weighted by molar-refractivity contribution is -0.119. The molecule has 51 heavy (non-hydrogen) atoms. The molecule has 2 bridgehead atoms. The fraction of sp³-hybridized carbons (Fsp3) is 0.463. The van der Waals surface area contributed by atoms with E-state index in [4.69, 9.17) is 21.1 Å². The van der Waals surface area contributed by atoms with Crippen molar-refractivity contribution < 1.29 is 23.3 Å². The molecule has 2 aliphatic carbocycles. The summed E-state index contributed by atoms with van der Waals surface area (Å²) in [6, 6.07) is 21.3. The summed E-state index contributed by atoms with van der Waals surface area (Å²) in [7, 11) is -1.67. The van der Waals surface area contributed by atoms with Gasteiger partial charge in [0.25, 0.3) is 5.91 Å². The first kappa shape index (κ1) is 35.7. The molecule has 6 atom stereocenters. The van der Waals surface area contributed by atoms with Crippen LogP contribution in [0.3, 0.4) is 0 Å². The zero-order valence-electron chi connectivity index (χ0n) is 29.5. The summed E-state index contributed by atoms with van der Waals surface area (Å²) in [6.45, 7) is 4.01. The molecule has 4 aliphatic rings. The number of carbonyl (C=O) groups is 2. The number of methoxy groups -OCH3 is 1. The number of anilines is 1. The molecule has 1 unspecified atom stereocenters. The van der Waals surface area contributed by atoms with Gasteiger partial charge in [-0.2, -0.15) is 0 Å². The molecule has 3 aromatic rings. The van der Waals surface area contributed by atoms with Crippen molar-refractivity contribution in [2.75, 3.05) is 37.5 Å². The first-order valence-corrected chi connectivity index (χ1v) is 20.3. The maximum Gasteiger partial charge on any atom is 0.286 e. The van der Waals surface area contributed by atoms with Gasteiger partial charge in [0.15, 0.2) is 0 Å². The van der Waals surface area contributed by atoms with E-state index in [0.717, 1.165) is 61.5 Å². The first-order chi connectivity index (χ1) is 24.6. The third-order valence-electron chi connectivity index (χ3n) is 11.3. The van der Waals surface area contributed by atoms with Gasteiger partial charge in [-0.15, -0.1) is 4.36 Å². The van der Waals surface area contributed by atoms with Gasteiger partial charge in [0.05, 0.1) is 24.2 Å². The Bertz CT molecular complexity index is 1930. The van der Waals surface area contributed by atoms with E-state index in [9.17, 15) is 13.8 Å². The van der Waals surface area contributed by atoms with Gasteiger partial charge in [-0.1, -0.05) is 67.1 Å². The van der Waals surface area contributed by atoms with E-state index in [1.165, 1.54) is 11.1 Å². The number of hydrogen-bond donors (Lipinski definition) is 1. The SMILES string of the molecule is CO[C@H]1/C=C/C[C@H](C)CS(=O)(NC(=O)CCc2ccccc2)=NC(=O)c2ccc3c(c2)N(C[C@@H]2CC[C@H]21)C[C@@]1(CCCc2cc(Cl)ccc21)CO3. The topological polar surface area (TPSA) is 97.3 Å². The van der Waals surface area contributed by atoms with Crippen molar-refractivity contribution in [1.82, 2.24) is 4.72 Å². The maximum atomic E-state index is 14.5. The van der Waals surface area contributed by atoms with Gasteiger partial charge in [-0.25, -0.2) is 4.21 Å². The smallest absolute Gasteiger partial charge is 0.286 e. The zero-order valence-corrected chi connectivity index (χ0v) is 31.1. The molecule has 3 aromatic carbocycles. The molecule has 2 amide bonds. The van der Waals surface area contributed by atoms with Crippen molar-refractivity contribution in [3.63, 3.8) is 0 Å². The maximum absolute atomic E-state index is 14.5. The van der Waals surface area contributed by atoms with Crippen molar-refractivity contribution in [3.05, 3.63) is 106 Å². The predicted molar refractivity (Wildman–Crippen MR) is 203 cm³/mol. The number of benzene rings is 3. The Kier molecular flexibility index (Phi) is 10.6. The van der Waals surface area contributed by atoms with E-state index in [1.807, 2.05) is 55.5 Å². The molecule has 1 spiro atoms. The number of carbonyl (C=O) groups excluding carboxylic acids is 2. The summed E-state index contributed by atoms with van der Waals surface area (Å²) in [5.41, 5.74) is 4.47. The van der Waals surface area contributed by atoms with E-state index in [2.05, 4.69) is 38.3 Å². The van der Waals surface area contributed by atoms with Gasteiger partial charge in [-0.05, 0) is 110 Å². The molecule has 2 heterocycles. The average Bonchev–Trinajstić information content (AvgIpc) is 3.25. The van der Waals surface area contributed by atoms with Gasteiger partial charge < -0.3 is 14.4 Å². The second-order valence-electron chi connectivity index (χ2n) is 15.0. The second kappa shape index (κ2) is 15.1. The summed E-state index contributed by atoms with van der Waals surface area (Å²) >= 11 is 6.46. The minimum Gasteiger partial charge on any atom is -0.490 e. The second-order valence-corrected chi connectivity index (χ2v) is 17.4. The highest BCUT2D eigenvalue weighted by atomic mass is 35.5. The lowest BCUT2D eigenvalue weighted by atomic mass is 9.68. The van der Waals surface area contributed by atoms with E-state index < -0.39 is 21.7 Å². The van der Waals surface area contributed by atoms with Gasteiger partial charge >= 0.3 is 0 Å². The molecule has 7 rings (SSSR count). The zero-order chi connectivity index (χ0) is 35.6. The van der Waals surface area contributed by atoms with Crippen LogP contribution >= 0.6 is 11.6 Å². The van der Waals surface area contributed by atoms with Crippen LogP contribution in [0.4, 0.5) is 5.69 Å². The largest absolute Gasteiger partial charge is 0.490 e. The fourth-order valence-corrected chi connectivity index (χ4v) is 10.6. The summed E-state index contributed by atoms with van der Waals surface area (Å²) in [5.74, 6) is 0.401.